The quantitative estimate of drug-likeness (QED) is 0.749. The van der Waals surface area contributed by atoms with Gasteiger partial charge in [-0.25, -0.2) is 0 Å². The number of carbonyl (C=O) groups excluding carboxylic acids is 1. The molecule has 0 amide bonds. The number of ether oxygens (including phenoxy) is 1. The Balaban J connectivity index is 2.11. The highest BCUT2D eigenvalue weighted by atomic mass is 35.5. The Morgan fingerprint density at radius 2 is 2.00 bits per heavy atom. The van der Waals surface area contributed by atoms with Crippen molar-refractivity contribution < 1.29 is 9.53 Å². The van der Waals surface area contributed by atoms with Gasteiger partial charge in [0.05, 0.1) is 6.42 Å². The predicted molar refractivity (Wildman–Crippen MR) is 68.8 cm³/mol. The maximum atomic E-state index is 11.3. The summed E-state index contributed by atoms with van der Waals surface area (Å²) < 4.78 is 5.27. The smallest absolute Gasteiger partial charge is 0.307 e. The average molecular weight is 251 g/mol. The minimum atomic E-state index is -0.148. The fourth-order valence-electron chi connectivity index (χ4n) is 1.89. The van der Waals surface area contributed by atoms with Crippen LogP contribution in [0.5, 0.6) is 0 Å². The summed E-state index contributed by atoms with van der Waals surface area (Å²) in [5.41, 5.74) is 0.924. The number of esters is 1. The van der Waals surface area contributed by atoms with Crippen molar-refractivity contribution in [3.8, 4) is 0 Å². The van der Waals surface area contributed by atoms with Crippen LogP contribution in [0.3, 0.4) is 0 Å². The monoisotopic (exact) mass is 250 g/mol. The fraction of sp³-hybridized carbons (Fsp3) is 0.357. The first-order chi connectivity index (χ1) is 7.97. The van der Waals surface area contributed by atoms with Crippen LogP contribution in [0.4, 0.5) is 0 Å². The lowest BCUT2D eigenvalue weighted by molar-refractivity contribution is -0.140. The van der Waals surface area contributed by atoms with Crippen LogP contribution in [0.1, 0.15) is 25.8 Å². The van der Waals surface area contributed by atoms with Gasteiger partial charge in [-0.15, -0.1) is 0 Å². The number of rotatable bonds is 2. The minimum Gasteiger partial charge on any atom is -0.457 e. The Hall–Kier alpha value is -1.28. The van der Waals surface area contributed by atoms with Gasteiger partial charge >= 0.3 is 5.97 Å². The van der Waals surface area contributed by atoms with E-state index in [1.54, 1.807) is 0 Å². The molecular weight excluding hydrogens is 236 g/mol. The first kappa shape index (κ1) is 12.2. The van der Waals surface area contributed by atoms with E-state index in [-0.39, 0.29) is 17.5 Å². The van der Waals surface area contributed by atoms with E-state index in [4.69, 9.17) is 16.3 Å². The third kappa shape index (κ3) is 2.89. The Kier molecular flexibility index (Phi) is 3.25. The van der Waals surface area contributed by atoms with Crippen molar-refractivity contribution in [3.63, 3.8) is 0 Å². The molecule has 0 aromatic heterocycles. The normalized spacial score (nSPS) is 23.0. The molecule has 0 saturated carbocycles. The van der Waals surface area contributed by atoms with E-state index in [2.05, 4.69) is 0 Å². The van der Waals surface area contributed by atoms with Gasteiger partial charge in [-0.3, -0.25) is 4.79 Å². The zero-order valence-electron chi connectivity index (χ0n) is 9.94. The summed E-state index contributed by atoms with van der Waals surface area (Å²) in [5, 5.41) is 0.717. The van der Waals surface area contributed by atoms with Gasteiger partial charge in [-0.05, 0) is 23.8 Å². The maximum absolute atomic E-state index is 11.3. The van der Waals surface area contributed by atoms with Crippen LogP contribution in [0.15, 0.2) is 30.3 Å². The Morgan fingerprint density at radius 3 is 2.53 bits per heavy atom. The lowest BCUT2D eigenvalue weighted by Crippen LogP contribution is -2.21. The van der Waals surface area contributed by atoms with Crippen LogP contribution in [-0.4, -0.2) is 12.1 Å². The molecule has 1 heterocycles. The SMILES string of the molecule is CC1(C)CC(=O)OC1C=Cc1ccc(Cl)cc1. The van der Waals surface area contributed by atoms with Crippen molar-refractivity contribution in [3.05, 3.63) is 40.9 Å². The number of cyclic esters (lactones) is 1. The molecule has 0 spiro atoms. The molecule has 2 rings (SSSR count). The van der Waals surface area contributed by atoms with Crippen LogP contribution in [0.2, 0.25) is 5.02 Å². The summed E-state index contributed by atoms with van der Waals surface area (Å²) in [4.78, 5) is 11.3. The summed E-state index contributed by atoms with van der Waals surface area (Å²) in [7, 11) is 0. The number of benzene rings is 1. The van der Waals surface area contributed by atoms with E-state index < -0.39 is 0 Å². The highest BCUT2D eigenvalue weighted by molar-refractivity contribution is 6.30. The molecule has 1 aliphatic heterocycles. The second kappa shape index (κ2) is 4.53. The largest absolute Gasteiger partial charge is 0.457 e. The summed E-state index contributed by atoms with van der Waals surface area (Å²) in [6.07, 6.45) is 4.23. The minimum absolute atomic E-state index is 0.124. The van der Waals surface area contributed by atoms with Crippen molar-refractivity contribution >= 4 is 23.6 Å². The second-order valence-electron chi connectivity index (χ2n) is 4.99. The van der Waals surface area contributed by atoms with Crippen molar-refractivity contribution in [2.45, 2.75) is 26.4 Å². The first-order valence-electron chi connectivity index (χ1n) is 5.61. The van der Waals surface area contributed by atoms with Gasteiger partial charge < -0.3 is 4.74 Å². The van der Waals surface area contributed by atoms with Crippen molar-refractivity contribution in [2.75, 3.05) is 0 Å². The van der Waals surface area contributed by atoms with E-state index >= 15 is 0 Å². The van der Waals surface area contributed by atoms with E-state index in [0.29, 0.717) is 6.42 Å². The molecule has 0 bridgehead atoms. The van der Waals surface area contributed by atoms with E-state index in [9.17, 15) is 4.79 Å². The molecule has 0 N–H and O–H groups in total. The third-order valence-corrected chi connectivity index (χ3v) is 3.21. The summed E-state index contributed by atoms with van der Waals surface area (Å²) in [6.45, 7) is 4.07. The lowest BCUT2D eigenvalue weighted by Gasteiger charge is -2.20. The van der Waals surface area contributed by atoms with E-state index in [1.165, 1.54) is 0 Å². The molecule has 1 aromatic rings. The Bertz CT molecular complexity index is 446. The van der Waals surface area contributed by atoms with Gasteiger partial charge in [-0.1, -0.05) is 43.7 Å². The van der Waals surface area contributed by atoms with Crippen molar-refractivity contribution in [2.24, 2.45) is 5.41 Å². The molecule has 90 valence electrons. The van der Waals surface area contributed by atoms with Gasteiger partial charge in [0, 0.05) is 10.4 Å². The van der Waals surface area contributed by atoms with Crippen molar-refractivity contribution in [1.29, 1.82) is 0 Å². The van der Waals surface area contributed by atoms with Gasteiger partial charge in [-0.2, -0.15) is 0 Å². The molecule has 3 heteroatoms. The topological polar surface area (TPSA) is 26.3 Å². The molecule has 1 aromatic carbocycles. The molecule has 17 heavy (non-hydrogen) atoms. The number of carbonyl (C=O) groups is 1. The van der Waals surface area contributed by atoms with Crippen LogP contribution in [0.25, 0.3) is 6.08 Å². The first-order valence-corrected chi connectivity index (χ1v) is 5.98. The summed E-state index contributed by atoms with van der Waals surface area (Å²) >= 11 is 5.81. The molecule has 1 fully saturated rings. The van der Waals surface area contributed by atoms with Gasteiger partial charge in [0.1, 0.15) is 6.10 Å². The van der Waals surface area contributed by atoms with Crippen LogP contribution >= 0.6 is 11.6 Å². The molecule has 1 atom stereocenters. The average Bonchev–Trinajstić information content (AvgIpc) is 2.51. The summed E-state index contributed by atoms with van der Waals surface area (Å²) in [5.74, 6) is -0.124. The van der Waals surface area contributed by atoms with Crippen LogP contribution in [-0.2, 0) is 9.53 Å². The number of hydrogen-bond donors (Lipinski definition) is 0. The Morgan fingerprint density at radius 1 is 1.35 bits per heavy atom. The number of hydrogen-bond acceptors (Lipinski definition) is 2. The zero-order valence-corrected chi connectivity index (χ0v) is 10.7. The standard InChI is InChI=1S/C14H15ClO2/c1-14(2)9-13(16)17-12(14)8-5-10-3-6-11(15)7-4-10/h3-8,12H,9H2,1-2H3. The van der Waals surface area contributed by atoms with Gasteiger partial charge in [0.2, 0.25) is 0 Å². The molecule has 1 aliphatic rings. The third-order valence-electron chi connectivity index (χ3n) is 2.96. The van der Waals surface area contributed by atoms with Crippen LogP contribution in [0, 0.1) is 5.41 Å². The highest BCUT2D eigenvalue weighted by Crippen LogP contribution is 2.35. The molecule has 1 unspecified atom stereocenters. The summed E-state index contributed by atoms with van der Waals surface area (Å²) in [6, 6.07) is 7.55. The zero-order chi connectivity index (χ0) is 12.5. The van der Waals surface area contributed by atoms with E-state index in [0.717, 1.165) is 10.6 Å². The van der Waals surface area contributed by atoms with Crippen molar-refractivity contribution in [1.82, 2.24) is 0 Å². The molecular formula is C14H15ClO2. The van der Waals surface area contributed by atoms with Crippen LogP contribution < -0.4 is 0 Å². The highest BCUT2D eigenvalue weighted by Gasteiger charge is 2.39. The molecule has 0 radical (unpaired) electrons. The lowest BCUT2D eigenvalue weighted by atomic mass is 9.85. The molecule has 0 aliphatic carbocycles. The molecule has 2 nitrogen and oxygen atoms in total. The predicted octanol–water partition coefficient (Wildman–Crippen LogP) is 3.69. The maximum Gasteiger partial charge on any atom is 0.307 e. The Labute approximate surface area is 106 Å². The fourth-order valence-corrected chi connectivity index (χ4v) is 2.01. The van der Waals surface area contributed by atoms with Gasteiger partial charge in [0.25, 0.3) is 0 Å². The molecule has 1 saturated heterocycles. The second-order valence-corrected chi connectivity index (χ2v) is 5.42. The van der Waals surface area contributed by atoms with Gasteiger partial charge in [0.15, 0.2) is 0 Å². The number of halogens is 1. The van der Waals surface area contributed by atoms with E-state index in [1.807, 2.05) is 50.3 Å².